The molecule has 0 spiro atoms. The SMILES string of the molecule is COC[C@@H]1CCCC[C@@H]1Cl. The molecule has 1 fully saturated rings. The highest BCUT2D eigenvalue weighted by Crippen LogP contribution is 2.28. The number of hydrogen-bond acceptors (Lipinski definition) is 1. The minimum atomic E-state index is 0.369. The van der Waals surface area contributed by atoms with Crippen molar-refractivity contribution in [3.05, 3.63) is 0 Å². The predicted octanol–water partition coefficient (Wildman–Crippen LogP) is 2.43. The average molecular weight is 163 g/mol. The van der Waals surface area contributed by atoms with Crippen molar-refractivity contribution in [2.75, 3.05) is 13.7 Å². The van der Waals surface area contributed by atoms with E-state index in [0.29, 0.717) is 11.3 Å². The summed E-state index contributed by atoms with van der Waals surface area (Å²) in [6.07, 6.45) is 5.06. The van der Waals surface area contributed by atoms with Crippen molar-refractivity contribution in [1.82, 2.24) is 0 Å². The van der Waals surface area contributed by atoms with Gasteiger partial charge in [-0.05, 0) is 18.8 Å². The van der Waals surface area contributed by atoms with Crippen LogP contribution >= 0.6 is 11.6 Å². The molecule has 0 radical (unpaired) electrons. The lowest BCUT2D eigenvalue weighted by Crippen LogP contribution is -2.23. The molecule has 2 heteroatoms. The molecule has 1 rings (SSSR count). The van der Waals surface area contributed by atoms with E-state index in [-0.39, 0.29) is 0 Å². The molecule has 0 saturated heterocycles. The molecule has 0 amide bonds. The number of methoxy groups -OCH3 is 1. The van der Waals surface area contributed by atoms with Gasteiger partial charge in [0.2, 0.25) is 0 Å². The predicted molar refractivity (Wildman–Crippen MR) is 43.5 cm³/mol. The van der Waals surface area contributed by atoms with Crippen LogP contribution < -0.4 is 0 Å². The summed E-state index contributed by atoms with van der Waals surface area (Å²) < 4.78 is 5.07. The number of alkyl halides is 1. The Labute approximate surface area is 67.7 Å². The van der Waals surface area contributed by atoms with E-state index >= 15 is 0 Å². The molecular weight excluding hydrogens is 148 g/mol. The molecule has 0 aromatic rings. The zero-order valence-corrected chi connectivity index (χ0v) is 7.23. The van der Waals surface area contributed by atoms with Gasteiger partial charge < -0.3 is 4.74 Å². The summed E-state index contributed by atoms with van der Waals surface area (Å²) in [6, 6.07) is 0. The van der Waals surface area contributed by atoms with Crippen LogP contribution in [0.15, 0.2) is 0 Å². The minimum Gasteiger partial charge on any atom is -0.384 e. The lowest BCUT2D eigenvalue weighted by atomic mass is 9.89. The molecule has 1 aliphatic rings. The maximum Gasteiger partial charge on any atom is 0.0504 e. The van der Waals surface area contributed by atoms with Gasteiger partial charge in [-0.15, -0.1) is 11.6 Å². The Kier molecular flexibility index (Phi) is 3.50. The highest BCUT2D eigenvalue weighted by atomic mass is 35.5. The van der Waals surface area contributed by atoms with E-state index in [2.05, 4.69) is 0 Å². The Bertz CT molecular complexity index is 93.3. The van der Waals surface area contributed by atoms with Crippen LogP contribution in [0.25, 0.3) is 0 Å². The van der Waals surface area contributed by atoms with Gasteiger partial charge in [-0.1, -0.05) is 12.8 Å². The van der Waals surface area contributed by atoms with Crippen LogP contribution in [0, 0.1) is 5.92 Å². The first-order valence-corrected chi connectivity index (χ1v) is 4.41. The highest BCUT2D eigenvalue weighted by Gasteiger charge is 2.22. The fraction of sp³-hybridized carbons (Fsp3) is 1.00. The zero-order chi connectivity index (χ0) is 7.40. The molecule has 2 atom stereocenters. The molecule has 0 bridgehead atoms. The second kappa shape index (κ2) is 4.20. The van der Waals surface area contributed by atoms with Gasteiger partial charge in [0.15, 0.2) is 0 Å². The molecule has 0 unspecified atom stereocenters. The standard InChI is InChI=1S/C8H15ClO/c1-10-6-7-4-2-3-5-8(7)9/h7-8H,2-6H2,1H3/t7-,8-/m0/s1. The van der Waals surface area contributed by atoms with Crippen molar-refractivity contribution in [3.8, 4) is 0 Å². The van der Waals surface area contributed by atoms with Gasteiger partial charge in [-0.2, -0.15) is 0 Å². The van der Waals surface area contributed by atoms with E-state index in [1.54, 1.807) is 7.11 Å². The maximum atomic E-state index is 6.08. The molecule has 0 heterocycles. The van der Waals surface area contributed by atoms with E-state index in [1.807, 2.05) is 0 Å². The lowest BCUT2D eigenvalue weighted by molar-refractivity contribution is 0.133. The topological polar surface area (TPSA) is 9.23 Å². The molecule has 1 nitrogen and oxygen atoms in total. The average Bonchev–Trinajstić information content (AvgIpc) is 1.94. The molecular formula is C8H15ClO. The van der Waals surface area contributed by atoms with Gasteiger partial charge in [0.05, 0.1) is 6.61 Å². The maximum absolute atomic E-state index is 6.08. The summed E-state index contributed by atoms with van der Waals surface area (Å²) in [6.45, 7) is 0.841. The Morgan fingerprint density at radius 1 is 1.40 bits per heavy atom. The van der Waals surface area contributed by atoms with E-state index < -0.39 is 0 Å². The zero-order valence-electron chi connectivity index (χ0n) is 6.48. The second-order valence-corrected chi connectivity index (χ2v) is 3.58. The van der Waals surface area contributed by atoms with Crippen molar-refractivity contribution >= 4 is 11.6 Å². The first-order valence-electron chi connectivity index (χ1n) is 3.97. The Balaban J connectivity index is 2.25. The van der Waals surface area contributed by atoms with Crippen molar-refractivity contribution in [2.45, 2.75) is 31.1 Å². The molecule has 10 heavy (non-hydrogen) atoms. The van der Waals surface area contributed by atoms with Gasteiger partial charge in [0.1, 0.15) is 0 Å². The lowest BCUT2D eigenvalue weighted by Gasteiger charge is -2.25. The van der Waals surface area contributed by atoms with Crippen molar-refractivity contribution in [2.24, 2.45) is 5.92 Å². The fourth-order valence-corrected chi connectivity index (χ4v) is 1.92. The Hall–Kier alpha value is 0.250. The summed E-state index contributed by atoms with van der Waals surface area (Å²) >= 11 is 6.08. The summed E-state index contributed by atoms with van der Waals surface area (Å²) in [5.41, 5.74) is 0. The monoisotopic (exact) mass is 162 g/mol. The molecule has 60 valence electrons. The number of hydrogen-bond donors (Lipinski definition) is 0. The molecule has 0 aromatic carbocycles. The quantitative estimate of drug-likeness (QED) is 0.567. The van der Waals surface area contributed by atoms with Crippen LogP contribution in [0.3, 0.4) is 0 Å². The van der Waals surface area contributed by atoms with Crippen LogP contribution in [0.5, 0.6) is 0 Å². The molecule has 1 saturated carbocycles. The van der Waals surface area contributed by atoms with Crippen LogP contribution in [0.2, 0.25) is 0 Å². The second-order valence-electron chi connectivity index (χ2n) is 3.02. The van der Waals surface area contributed by atoms with Crippen LogP contribution in [0.4, 0.5) is 0 Å². The van der Waals surface area contributed by atoms with E-state index in [1.165, 1.54) is 25.7 Å². The van der Waals surface area contributed by atoms with Gasteiger partial charge in [0.25, 0.3) is 0 Å². The Morgan fingerprint density at radius 3 is 2.70 bits per heavy atom. The highest BCUT2D eigenvalue weighted by molar-refractivity contribution is 6.20. The largest absolute Gasteiger partial charge is 0.384 e. The van der Waals surface area contributed by atoms with Gasteiger partial charge in [-0.3, -0.25) is 0 Å². The fourth-order valence-electron chi connectivity index (χ4n) is 1.56. The molecule has 0 aromatic heterocycles. The van der Waals surface area contributed by atoms with Crippen LogP contribution in [0.1, 0.15) is 25.7 Å². The van der Waals surface area contributed by atoms with Crippen LogP contribution in [-0.4, -0.2) is 19.1 Å². The first kappa shape index (κ1) is 8.35. The third kappa shape index (κ3) is 2.14. The van der Waals surface area contributed by atoms with Gasteiger partial charge in [-0.25, -0.2) is 0 Å². The van der Waals surface area contributed by atoms with Crippen molar-refractivity contribution in [1.29, 1.82) is 0 Å². The molecule has 1 aliphatic carbocycles. The van der Waals surface area contributed by atoms with E-state index in [9.17, 15) is 0 Å². The third-order valence-corrected chi connectivity index (χ3v) is 2.77. The number of ether oxygens (including phenoxy) is 1. The summed E-state index contributed by atoms with van der Waals surface area (Å²) in [4.78, 5) is 0. The molecule has 0 aliphatic heterocycles. The smallest absolute Gasteiger partial charge is 0.0504 e. The van der Waals surface area contributed by atoms with Crippen molar-refractivity contribution < 1.29 is 4.74 Å². The Morgan fingerprint density at radius 2 is 2.10 bits per heavy atom. The summed E-state index contributed by atoms with van der Waals surface area (Å²) in [7, 11) is 1.75. The normalized spacial score (nSPS) is 34.2. The first-order chi connectivity index (χ1) is 4.84. The van der Waals surface area contributed by atoms with E-state index in [4.69, 9.17) is 16.3 Å². The van der Waals surface area contributed by atoms with E-state index in [0.717, 1.165) is 6.61 Å². The van der Waals surface area contributed by atoms with Gasteiger partial charge >= 0.3 is 0 Å². The number of halogens is 1. The summed E-state index contributed by atoms with van der Waals surface area (Å²) in [5.74, 6) is 0.611. The van der Waals surface area contributed by atoms with Crippen molar-refractivity contribution in [3.63, 3.8) is 0 Å². The number of rotatable bonds is 2. The van der Waals surface area contributed by atoms with Crippen LogP contribution in [-0.2, 0) is 4.74 Å². The summed E-state index contributed by atoms with van der Waals surface area (Å²) in [5, 5.41) is 0.369. The van der Waals surface area contributed by atoms with Gasteiger partial charge in [0, 0.05) is 12.5 Å². The third-order valence-electron chi connectivity index (χ3n) is 2.20. The molecule has 0 N–H and O–H groups in total. The minimum absolute atomic E-state index is 0.369.